The number of esters is 1. The van der Waals surface area contributed by atoms with Gasteiger partial charge in [-0.1, -0.05) is 378 Å². The van der Waals surface area contributed by atoms with Crippen LogP contribution in [0.1, 0.15) is 425 Å². The molecule has 0 spiro atoms. The quantitative estimate of drug-likeness (QED) is 0.0320. The van der Waals surface area contributed by atoms with Gasteiger partial charge >= 0.3 is 5.97 Å². The fourth-order valence-corrected chi connectivity index (χ4v) is 12.0. The lowest BCUT2D eigenvalue weighted by atomic mass is 10.0. The summed E-state index contributed by atoms with van der Waals surface area (Å²) in [7, 11) is 0. The lowest BCUT2D eigenvalue weighted by Crippen LogP contribution is -2.45. The Morgan fingerprint density at radius 2 is 0.573 bits per heavy atom. The van der Waals surface area contributed by atoms with Crippen molar-refractivity contribution in [3.63, 3.8) is 0 Å². The van der Waals surface area contributed by atoms with E-state index in [1.165, 1.54) is 360 Å². The Morgan fingerprint density at radius 3 is 0.866 bits per heavy atom. The number of allylic oxidation sites excluding steroid dienone is 3. The molecule has 0 saturated heterocycles. The van der Waals surface area contributed by atoms with Crippen LogP contribution in [0.2, 0.25) is 0 Å². The number of amides is 1. The maximum Gasteiger partial charge on any atom is 0.305 e. The number of rotatable bonds is 71. The second-order valence-electron chi connectivity index (χ2n) is 26.0. The minimum Gasteiger partial charge on any atom is -0.466 e. The predicted octanol–water partition coefficient (Wildman–Crippen LogP) is 24.5. The molecular formula is C76H147NO5. The fourth-order valence-electron chi connectivity index (χ4n) is 12.0. The Labute approximate surface area is 513 Å². The zero-order chi connectivity index (χ0) is 59.2. The van der Waals surface area contributed by atoms with E-state index in [0.29, 0.717) is 19.4 Å². The first-order chi connectivity index (χ1) is 40.5. The second kappa shape index (κ2) is 71.8. The molecule has 82 heavy (non-hydrogen) atoms. The van der Waals surface area contributed by atoms with Gasteiger partial charge in [0.05, 0.1) is 25.4 Å². The van der Waals surface area contributed by atoms with Gasteiger partial charge in [-0.05, 0) is 57.8 Å². The van der Waals surface area contributed by atoms with Crippen LogP contribution < -0.4 is 5.32 Å². The summed E-state index contributed by atoms with van der Waals surface area (Å²) in [5.74, 6) is -0.0423. The number of aliphatic hydroxyl groups excluding tert-OH is 2. The van der Waals surface area contributed by atoms with Gasteiger partial charge in [0.25, 0.3) is 0 Å². The van der Waals surface area contributed by atoms with Gasteiger partial charge in [0.2, 0.25) is 5.91 Å². The highest BCUT2D eigenvalue weighted by Crippen LogP contribution is 2.19. The fraction of sp³-hybridized carbons (Fsp3) is 0.921. The molecule has 0 aliphatic rings. The van der Waals surface area contributed by atoms with E-state index >= 15 is 0 Å². The molecule has 0 aromatic heterocycles. The minimum atomic E-state index is -0.845. The highest BCUT2D eigenvalue weighted by molar-refractivity contribution is 5.76. The van der Waals surface area contributed by atoms with Crippen LogP contribution >= 0.6 is 0 Å². The molecule has 6 heteroatoms. The Hall–Kier alpha value is -1.66. The summed E-state index contributed by atoms with van der Waals surface area (Å²) in [5.41, 5.74) is 0. The summed E-state index contributed by atoms with van der Waals surface area (Å²) in [6.45, 7) is 4.95. The van der Waals surface area contributed by atoms with Gasteiger partial charge in [0.1, 0.15) is 0 Å². The van der Waals surface area contributed by atoms with Crippen molar-refractivity contribution >= 4 is 11.9 Å². The van der Waals surface area contributed by atoms with Gasteiger partial charge in [0, 0.05) is 12.8 Å². The molecule has 0 aromatic carbocycles. The zero-order valence-corrected chi connectivity index (χ0v) is 55.8. The van der Waals surface area contributed by atoms with Gasteiger partial charge in [-0.3, -0.25) is 9.59 Å². The Balaban J connectivity index is 3.38. The first-order valence-electron chi connectivity index (χ1n) is 37.6. The Kier molecular flexibility index (Phi) is 70.4. The van der Waals surface area contributed by atoms with Crippen LogP contribution in [0.4, 0.5) is 0 Å². The molecule has 3 N–H and O–H groups in total. The van der Waals surface area contributed by atoms with Crippen molar-refractivity contribution in [2.75, 3.05) is 13.2 Å². The topological polar surface area (TPSA) is 95.9 Å². The lowest BCUT2D eigenvalue weighted by Gasteiger charge is -2.20. The average Bonchev–Trinajstić information content (AvgIpc) is 3.48. The Bertz CT molecular complexity index is 1280. The Morgan fingerprint density at radius 1 is 0.329 bits per heavy atom. The third-order valence-electron chi connectivity index (χ3n) is 17.7. The van der Waals surface area contributed by atoms with Gasteiger partial charge in [-0.2, -0.15) is 0 Å². The van der Waals surface area contributed by atoms with Crippen LogP contribution in [0.3, 0.4) is 0 Å². The van der Waals surface area contributed by atoms with E-state index in [0.717, 1.165) is 38.5 Å². The zero-order valence-electron chi connectivity index (χ0n) is 55.8. The summed E-state index contributed by atoms with van der Waals surface area (Å²) in [5, 5.41) is 23.3. The highest BCUT2D eigenvalue weighted by atomic mass is 16.5. The van der Waals surface area contributed by atoms with Gasteiger partial charge < -0.3 is 20.3 Å². The summed E-state index contributed by atoms with van der Waals surface area (Å²) in [6, 6.07) is -0.628. The SMILES string of the molecule is CCCCCCCCCCCCCCCCCCCC/C=C/C(O)C(CO)NC(=O)CCCCCCCCCCCCCCC/C=C\CCCCCCCCCCCCCCOC(=O)CCCCCCCCCCCCCCCCCC. The van der Waals surface area contributed by atoms with Crippen molar-refractivity contribution in [1.82, 2.24) is 5.32 Å². The maximum atomic E-state index is 12.5. The molecule has 6 nitrogen and oxygen atoms in total. The molecule has 486 valence electrons. The van der Waals surface area contributed by atoms with E-state index in [9.17, 15) is 19.8 Å². The van der Waals surface area contributed by atoms with E-state index < -0.39 is 12.1 Å². The summed E-state index contributed by atoms with van der Waals surface area (Å²) in [4.78, 5) is 24.6. The highest BCUT2D eigenvalue weighted by Gasteiger charge is 2.18. The number of nitrogens with one attached hydrogen (secondary N) is 1. The first-order valence-corrected chi connectivity index (χ1v) is 37.6. The largest absolute Gasteiger partial charge is 0.466 e. The van der Waals surface area contributed by atoms with Gasteiger partial charge in [-0.25, -0.2) is 0 Å². The molecule has 0 aliphatic carbocycles. The predicted molar refractivity (Wildman–Crippen MR) is 361 cm³/mol. The molecule has 0 aliphatic heterocycles. The van der Waals surface area contributed by atoms with E-state index in [4.69, 9.17) is 4.74 Å². The van der Waals surface area contributed by atoms with E-state index in [-0.39, 0.29) is 18.5 Å². The molecule has 1 amide bonds. The number of aliphatic hydroxyl groups is 2. The van der Waals surface area contributed by atoms with Crippen molar-refractivity contribution < 1.29 is 24.5 Å². The van der Waals surface area contributed by atoms with Crippen LogP contribution in [-0.4, -0.2) is 47.4 Å². The number of carbonyl (C=O) groups is 2. The molecule has 0 rings (SSSR count). The van der Waals surface area contributed by atoms with E-state index in [1.54, 1.807) is 6.08 Å². The molecule has 0 aromatic rings. The van der Waals surface area contributed by atoms with Crippen molar-refractivity contribution in [1.29, 1.82) is 0 Å². The standard InChI is InChI=1S/C76H147NO5/c1-3-5-7-9-11-13-15-17-19-21-22-34-37-40-44-48-52-56-60-64-68-74(79)73(72-78)77-75(80)69-65-61-57-53-49-45-41-38-35-32-30-28-26-24-23-25-27-29-31-33-36-39-43-47-51-55-59-63-67-71-82-76(81)70-66-62-58-54-50-46-42-20-18-16-14-12-10-8-6-4-2/h23,25,64,68,73-74,78-79H,3-22,24,26-63,65-67,69-72H2,1-2H3,(H,77,80)/b25-23-,68-64+. The van der Waals surface area contributed by atoms with E-state index in [2.05, 4.69) is 31.3 Å². The van der Waals surface area contributed by atoms with E-state index in [1.807, 2.05) is 6.08 Å². The van der Waals surface area contributed by atoms with Crippen molar-refractivity contribution in [3.05, 3.63) is 24.3 Å². The van der Waals surface area contributed by atoms with Crippen LogP contribution in [0.25, 0.3) is 0 Å². The number of hydrogen-bond acceptors (Lipinski definition) is 5. The summed E-state index contributed by atoms with van der Waals surface area (Å²) >= 11 is 0. The molecular weight excluding hydrogens is 1010 g/mol. The van der Waals surface area contributed by atoms with Crippen molar-refractivity contribution in [3.8, 4) is 0 Å². The van der Waals surface area contributed by atoms with Gasteiger partial charge in [-0.15, -0.1) is 0 Å². The van der Waals surface area contributed by atoms with Crippen LogP contribution in [0.5, 0.6) is 0 Å². The molecule has 0 bridgehead atoms. The van der Waals surface area contributed by atoms with Crippen LogP contribution in [0.15, 0.2) is 24.3 Å². The number of unbranched alkanes of at least 4 members (excludes halogenated alkanes) is 58. The number of hydrogen-bond donors (Lipinski definition) is 3. The van der Waals surface area contributed by atoms with Crippen molar-refractivity contribution in [2.45, 2.75) is 437 Å². The third-order valence-corrected chi connectivity index (χ3v) is 17.7. The third kappa shape index (κ3) is 67.5. The molecule has 0 saturated carbocycles. The molecule has 0 radical (unpaired) electrons. The minimum absolute atomic E-state index is 0.0205. The normalized spacial score (nSPS) is 12.6. The smallest absolute Gasteiger partial charge is 0.305 e. The van der Waals surface area contributed by atoms with Crippen LogP contribution in [0, 0.1) is 0 Å². The average molecular weight is 1160 g/mol. The number of carbonyl (C=O) groups excluding carboxylic acids is 2. The summed E-state index contributed by atoms with van der Waals surface area (Å²) < 4.78 is 5.51. The lowest BCUT2D eigenvalue weighted by molar-refractivity contribution is -0.143. The van der Waals surface area contributed by atoms with Crippen molar-refractivity contribution in [2.24, 2.45) is 0 Å². The molecule has 2 atom stereocenters. The first kappa shape index (κ1) is 80.3. The summed E-state index contributed by atoms with van der Waals surface area (Å²) in [6.07, 6.45) is 91.3. The monoisotopic (exact) mass is 1150 g/mol. The second-order valence-corrected chi connectivity index (χ2v) is 26.0. The van der Waals surface area contributed by atoms with Gasteiger partial charge in [0.15, 0.2) is 0 Å². The molecule has 0 heterocycles. The molecule has 0 fully saturated rings. The number of ether oxygens (including phenoxy) is 1. The maximum absolute atomic E-state index is 12.5. The molecule has 2 unspecified atom stereocenters. The van der Waals surface area contributed by atoms with Crippen LogP contribution in [-0.2, 0) is 14.3 Å².